The lowest BCUT2D eigenvalue weighted by molar-refractivity contribution is -0.129. The van der Waals surface area contributed by atoms with Crippen molar-refractivity contribution in [3.63, 3.8) is 0 Å². The Labute approximate surface area is 111 Å². The summed E-state index contributed by atoms with van der Waals surface area (Å²) in [7, 11) is 1.61. The molecule has 5 nitrogen and oxygen atoms in total. The van der Waals surface area contributed by atoms with E-state index in [1.54, 1.807) is 16.9 Å². The number of methoxy groups -OCH3 is 1. The topological polar surface area (TPSA) is 49.9 Å². The highest BCUT2D eigenvalue weighted by molar-refractivity contribution is 5.95. The van der Waals surface area contributed by atoms with E-state index < -0.39 is 0 Å². The maximum absolute atomic E-state index is 11.9. The van der Waals surface area contributed by atoms with Crippen LogP contribution < -0.4 is 9.64 Å². The second-order valence-electron chi connectivity index (χ2n) is 4.90. The second-order valence-corrected chi connectivity index (χ2v) is 4.90. The Morgan fingerprint density at radius 1 is 1.42 bits per heavy atom. The largest absolute Gasteiger partial charge is 0.496 e. The van der Waals surface area contributed by atoms with Crippen molar-refractivity contribution in [2.24, 2.45) is 0 Å². The molecule has 1 fully saturated rings. The van der Waals surface area contributed by atoms with Crippen molar-refractivity contribution in [2.45, 2.75) is 25.8 Å². The summed E-state index contributed by atoms with van der Waals surface area (Å²) in [4.78, 5) is 27.1. The summed E-state index contributed by atoms with van der Waals surface area (Å²) in [5.41, 5.74) is 1.82. The molecule has 1 aromatic carbocycles. The normalized spacial score (nSPS) is 21.2. The fraction of sp³-hybridized carbons (Fsp3) is 0.429. The van der Waals surface area contributed by atoms with Crippen molar-refractivity contribution in [2.75, 3.05) is 18.7 Å². The van der Waals surface area contributed by atoms with Gasteiger partial charge < -0.3 is 9.64 Å². The molecule has 0 radical (unpaired) electrons. The monoisotopic (exact) mass is 260 g/mol. The maximum Gasteiger partial charge on any atom is 0.225 e. The number of hydrogen-bond donors (Lipinski definition) is 0. The van der Waals surface area contributed by atoms with Gasteiger partial charge in [0.05, 0.1) is 18.8 Å². The van der Waals surface area contributed by atoms with Gasteiger partial charge in [0.15, 0.2) is 0 Å². The first kappa shape index (κ1) is 12.0. The van der Waals surface area contributed by atoms with Crippen molar-refractivity contribution in [3.8, 4) is 5.75 Å². The fourth-order valence-corrected chi connectivity index (χ4v) is 2.99. The van der Waals surface area contributed by atoms with Crippen LogP contribution in [-0.2, 0) is 9.59 Å². The van der Waals surface area contributed by atoms with Gasteiger partial charge in [0, 0.05) is 18.9 Å². The van der Waals surface area contributed by atoms with Gasteiger partial charge in [0.25, 0.3) is 0 Å². The predicted molar refractivity (Wildman–Crippen MR) is 69.8 cm³/mol. The van der Waals surface area contributed by atoms with Gasteiger partial charge in [-0.2, -0.15) is 0 Å². The summed E-state index contributed by atoms with van der Waals surface area (Å²) in [6.45, 7) is 1.86. The molecule has 5 heteroatoms. The average Bonchev–Trinajstić information content (AvgIpc) is 2.78. The third-order valence-corrected chi connectivity index (χ3v) is 3.89. The first-order chi connectivity index (χ1) is 9.13. The SMILES string of the molecule is COc1cccc2c1C1CCC(=O)N1CN2C(C)=O. The predicted octanol–water partition coefficient (Wildman–Crippen LogP) is 1.68. The molecule has 1 atom stereocenters. The Morgan fingerprint density at radius 3 is 2.89 bits per heavy atom. The van der Waals surface area contributed by atoms with Gasteiger partial charge in [-0.15, -0.1) is 0 Å². The van der Waals surface area contributed by atoms with Gasteiger partial charge in [-0.05, 0) is 18.6 Å². The molecule has 2 heterocycles. The molecule has 1 saturated heterocycles. The molecule has 2 aliphatic heterocycles. The molecule has 19 heavy (non-hydrogen) atoms. The molecule has 1 unspecified atom stereocenters. The highest BCUT2D eigenvalue weighted by Gasteiger charge is 2.41. The molecule has 0 bridgehead atoms. The van der Waals surface area contributed by atoms with Crippen LogP contribution in [-0.4, -0.2) is 30.5 Å². The number of nitrogens with zero attached hydrogens (tertiary/aromatic N) is 2. The second kappa shape index (κ2) is 4.26. The molecule has 0 aromatic heterocycles. The molecule has 3 rings (SSSR count). The molecular weight excluding hydrogens is 244 g/mol. The summed E-state index contributed by atoms with van der Waals surface area (Å²) in [5, 5.41) is 0. The van der Waals surface area contributed by atoms with Crippen molar-refractivity contribution in [3.05, 3.63) is 23.8 Å². The van der Waals surface area contributed by atoms with Crippen LogP contribution in [0.25, 0.3) is 0 Å². The number of rotatable bonds is 1. The van der Waals surface area contributed by atoms with Crippen molar-refractivity contribution < 1.29 is 14.3 Å². The number of anilines is 1. The number of fused-ring (bicyclic) bond motifs is 3. The lowest BCUT2D eigenvalue weighted by Gasteiger charge is -2.39. The van der Waals surface area contributed by atoms with Crippen molar-refractivity contribution in [1.82, 2.24) is 4.90 Å². The molecule has 2 amide bonds. The summed E-state index contributed by atoms with van der Waals surface area (Å²) < 4.78 is 5.41. The van der Waals surface area contributed by atoms with Gasteiger partial charge in [-0.25, -0.2) is 0 Å². The molecule has 0 spiro atoms. The highest BCUT2D eigenvalue weighted by atomic mass is 16.5. The van der Waals surface area contributed by atoms with Crippen LogP contribution in [0.3, 0.4) is 0 Å². The Balaban J connectivity index is 2.18. The van der Waals surface area contributed by atoms with E-state index in [4.69, 9.17) is 4.74 Å². The van der Waals surface area contributed by atoms with Crippen LogP contribution in [0.4, 0.5) is 5.69 Å². The van der Waals surface area contributed by atoms with E-state index in [2.05, 4.69) is 0 Å². The molecule has 1 aromatic rings. The quantitative estimate of drug-likeness (QED) is 0.772. The minimum atomic E-state index is -0.0624. The number of carbonyl (C=O) groups excluding carboxylic acids is 2. The van der Waals surface area contributed by atoms with Gasteiger partial charge in [0.1, 0.15) is 12.4 Å². The number of ether oxygens (including phenoxy) is 1. The van der Waals surface area contributed by atoms with E-state index >= 15 is 0 Å². The van der Waals surface area contributed by atoms with Gasteiger partial charge in [-0.3, -0.25) is 14.5 Å². The number of amides is 2. The Kier molecular flexibility index (Phi) is 2.69. The number of carbonyl (C=O) groups is 2. The molecule has 0 saturated carbocycles. The molecule has 0 aliphatic carbocycles. The third kappa shape index (κ3) is 1.69. The Bertz CT molecular complexity index is 556. The number of hydrogen-bond acceptors (Lipinski definition) is 3. The molecular formula is C14H16N2O3. The zero-order valence-corrected chi connectivity index (χ0v) is 11.0. The summed E-state index contributed by atoms with van der Waals surface area (Å²) in [6.07, 6.45) is 1.33. The minimum absolute atomic E-state index is 0.0363. The van der Waals surface area contributed by atoms with E-state index in [9.17, 15) is 9.59 Å². The fourth-order valence-electron chi connectivity index (χ4n) is 2.99. The van der Waals surface area contributed by atoms with Gasteiger partial charge in [-0.1, -0.05) is 6.07 Å². The van der Waals surface area contributed by atoms with E-state index in [1.165, 1.54) is 6.92 Å². The average molecular weight is 260 g/mol. The van der Waals surface area contributed by atoms with Crippen molar-refractivity contribution >= 4 is 17.5 Å². The van der Waals surface area contributed by atoms with Crippen LogP contribution >= 0.6 is 0 Å². The zero-order valence-electron chi connectivity index (χ0n) is 11.0. The standard InChI is InChI=1S/C14H16N2O3/c1-9(17)15-8-16-11(6-7-13(16)18)14-10(15)4-3-5-12(14)19-2/h3-5,11H,6-8H2,1-2H3. The first-order valence-corrected chi connectivity index (χ1v) is 6.38. The van der Waals surface area contributed by atoms with Crippen LogP contribution in [0.1, 0.15) is 31.4 Å². The van der Waals surface area contributed by atoms with Gasteiger partial charge >= 0.3 is 0 Å². The lowest BCUT2D eigenvalue weighted by atomic mass is 9.98. The minimum Gasteiger partial charge on any atom is -0.496 e. The third-order valence-electron chi connectivity index (χ3n) is 3.89. The van der Waals surface area contributed by atoms with Crippen LogP contribution in [0.5, 0.6) is 5.75 Å². The lowest BCUT2D eigenvalue weighted by Crippen LogP contribution is -2.46. The smallest absolute Gasteiger partial charge is 0.225 e. The van der Waals surface area contributed by atoms with Crippen LogP contribution in [0.15, 0.2) is 18.2 Å². The van der Waals surface area contributed by atoms with E-state index in [1.807, 2.05) is 18.2 Å². The Hall–Kier alpha value is -2.04. The van der Waals surface area contributed by atoms with Crippen LogP contribution in [0.2, 0.25) is 0 Å². The summed E-state index contributed by atoms with van der Waals surface area (Å²) in [5.74, 6) is 0.786. The first-order valence-electron chi connectivity index (χ1n) is 6.38. The maximum atomic E-state index is 11.9. The zero-order chi connectivity index (χ0) is 13.6. The molecule has 2 aliphatic rings. The van der Waals surface area contributed by atoms with E-state index in [-0.39, 0.29) is 17.9 Å². The van der Waals surface area contributed by atoms with Crippen molar-refractivity contribution in [1.29, 1.82) is 0 Å². The van der Waals surface area contributed by atoms with Crippen LogP contribution in [0, 0.1) is 0 Å². The number of benzene rings is 1. The Morgan fingerprint density at radius 2 is 2.21 bits per heavy atom. The summed E-state index contributed by atoms with van der Waals surface area (Å²) >= 11 is 0. The summed E-state index contributed by atoms with van der Waals surface area (Å²) in [6, 6.07) is 5.71. The highest BCUT2D eigenvalue weighted by Crippen LogP contribution is 2.46. The molecule has 100 valence electrons. The van der Waals surface area contributed by atoms with E-state index in [0.29, 0.717) is 13.1 Å². The van der Waals surface area contributed by atoms with Gasteiger partial charge in [0.2, 0.25) is 11.8 Å². The van der Waals surface area contributed by atoms with E-state index in [0.717, 1.165) is 23.4 Å². The molecule has 0 N–H and O–H groups in total.